The Labute approximate surface area is 100 Å². The average Bonchev–Trinajstić information content (AvgIpc) is 2.40. The number of rotatable bonds is 2. The molecule has 1 N–H and O–H groups in total. The van der Waals surface area contributed by atoms with Gasteiger partial charge in [-0.25, -0.2) is 0 Å². The van der Waals surface area contributed by atoms with Crippen LogP contribution in [-0.2, 0) is 0 Å². The van der Waals surface area contributed by atoms with Crippen molar-refractivity contribution in [2.75, 3.05) is 5.32 Å². The maximum atomic E-state index is 6.85. The first-order valence-electron chi connectivity index (χ1n) is 5.22. The van der Waals surface area contributed by atoms with Gasteiger partial charge in [0.05, 0.1) is 0 Å². The Morgan fingerprint density at radius 2 is 1.53 bits per heavy atom. The number of nitrogens with zero attached hydrogens (tertiary/aromatic N) is 2. The first-order valence-corrected chi connectivity index (χ1v) is 5.22. The molecule has 0 saturated heterocycles. The van der Waals surface area contributed by atoms with Gasteiger partial charge in [-0.3, -0.25) is 0 Å². The van der Waals surface area contributed by atoms with Crippen LogP contribution in [0.15, 0.2) is 65.8 Å². The van der Waals surface area contributed by atoms with Gasteiger partial charge in [0.1, 0.15) is 5.10 Å². The molecule has 0 amide bonds. The zero-order chi connectivity index (χ0) is 11.9. The lowest BCUT2D eigenvalue weighted by molar-refractivity contribution is 1.48. The highest BCUT2D eigenvalue weighted by Gasteiger charge is 2.05. The predicted octanol–water partition coefficient (Wildman–Crippen LogP) is 3.38. The Hall–Kier alpha value is -2.60. The van der Waals surface area contributed by atoms with Gasteiger partial charge in [0.25, 0.3) is 0 Å². The minimum absolute atomic E-state index is 0.562. The molecule has 0 unspecified atom stereocenters. The second kappa shape index (κ2) is 5.47. The molecule has 0 aliphatic rings. The van der Waals surface area contributed by atoms with Crippen molar-refractivity contribution in [1.82, 2.24) is 0 Å². The summed E-state index contributed by atoms with van der Waals surface area (Å²) in [5, 5.41) is 6.92. The van der Waals surface area contributed by atoms with Gasteiger partial charge in [-0.15, -0.1) is 4.95 Å². The van der Waals surface area contributed by atoms with Crippen molar-refractivity contribution in [3.05, 3.63) is 77.8 Å². The molecule has 0 bridgehead atoms. The van der Waals surface area contributed by atoms with Crippen LogP contribution in [0, 0.1) is 6.57 Å². The van der Waals surface area contributed by atoms with Crippen LogP contribution in [0.5, 0.6) is 0 Å². The maximum absolute atomic E-state index is 6.85. The summed E-state index contributed by atoms with van der Waals surface area (Å²) in [5.41, 5.74) is 1.81. The molecule has 0 saturated carbocycles. The number of hydrogen-bond donors (Lipinski definition) is 1. The summed E-state index contributed by atoms with van der Waals surface area (Å²) in [5.74, 6) is 0.562. The summed E-state index contributed by atoms with van der Waals surface area (Å²) in [6, 6.07) is 19.3. The molecule has 0 fully saturated rings. The monoisotopic (exact) mass is 221 g/mol. The summed E-state index contributed by atoms with van der Waals surface area (Å²) < 4.78 is 0. The van der Waals surface area contributed by atoms with Crippen molar-refractivity contribution in [2.45, 2.75) is 0 Å². The molecule has 0 aromatic heterocycles. The molecule has 0 heterocycles. The Bertz CT molecular complexity index is 539. The molecule has 0 aliphatic carbocycles. The van der Waals surface area contributed by atoms with Gasteiger partial charge in [-0.05, 0) is 12.1 Å². The van der Waals surface area contributed by atoms with E-state index in [2.05, 4.69) is 15.4 Å². The van der Waals surface area contributed by atoms with Crippen LogP contribution in [-0.4, -0.2) is 5.84 Å². The topological polar surface area (TPSA) is 28.8 Å². The van der Waals surface area contributed by atoms with E-state index < -0.39 is 0 Å². The van der Waals surface area contributed by atoms with Gasteiger partial charge in [0, 0.05) is 11.3 Å². The largest absolute Gasteiger partial charge is 0.334 e. The van der Waals surface area contributed by atoms with Crippen LogP contribution in [0.3, 0.4) is 0 Å². The highest BCUT2D eigenvalue weighted by molar-refractivity contribution is 6.08. The first kappa shape index (κ1) is 10.9. The van der Waals surface area contributed by atoms with Crippen molar-refractivity contribution in [2.24, 2.45) is 5.10 Å². The minimum atomic E-state index is 0.562. The first-order chi connectivity index (χ1) is 8.40. The molecule has 0 atom stereocenters. The molecule has 2 aromatic carbocycles. The van der Waals surface area contributed by atoms with Crippen LogP contribution in [0.4, 0.5) is 5.69 Å². The van der Waals surface area contributed by atoms with Crippen molar-refractivity contribution < 1.29 is 0 Å². The van der Waals surface area contributed by atoms with E-state index in [0.717, 1.165) is 11.3 Å². The van der Waals surface area contributed by atoms with Crippen LogP contribution < -0.4 is 5.32 Å². The third-order valence-corrected chi connectivity index (χ3v) is 2.23. The molecule has 82 valence electrons. The maximum Gasteiger partial charge on any atom is 0.221 e. The average molecular weight is 221 g/mol. The van der Waals surface area contributed by atoms with Gasteiger partial charge < -0.3 is 5.32 Å². The van der Waals surface area contributed by atoms with E-state index in [9.17, 15) is 0 Å². The van der Waals surface area contributed by atoms with Crippen molar-refractivity contribution in [3.63, 3.8) is 0 Å². The summed E-state index contributed by atoms with van der Waals surface area (Å²) in [4.78, 5) is 3.08. The lowest BCUT2D eigenvalue weighted by Crippen LogP contribution is -2.12. The van der Waals surface area contributed by atoms with E-state index in [1.54, 1.807) is 0 Å². The molecular formula is C14H11N3. The highest BCUT2D eigenvalue weighted by Crippen LogP contribution is 2.09. The summed E-state index contributed by atoms with van der Waals surface area (Å²) in [6.07, 6.45) is 0. The lowest BCUT2D eigenvalue weighted by Gasteiger charge is -2.05. The number of benzene rings is 2. The van der Waals surface area contributed by atoms with E-state index in [1.165, 1.54) is 0 Å². The van der Waals surface area contributed by atoms with Gasteiger partial charge in [-0.1, -0.05) is 48.5 Å². The second-order valence-electron chi connectivity index (χ2n) is 3.41. The Morgan fingerprint density at radius 1 is 0.941 bits per heavy atom. The van der Waals surface area contributed by atoms with Gasteiger partial charge in [0.15, 0.2) is 0 Å². The zero-order valence-corrected chi connectivity index (χ0v) is 9.17. The third-order valence-electron chi connectivity index (χ3n) is 2.23. The Balaban J connectivity index is 2.27. The molecule has 2 rings (SSSR count). The van der Waals surface area contributed by atoms with Crippen molar-refractivity contribution >= 4 is 11.5 Å². The number of anilines is 1. The third kappa shape index (κ3) is 2.93. The van der Waals surface area contributed by atoms with Gasteiger partial charge >= 0.3 is 0 Å². The standard InChI is InChI=1S/C14H11N3/c1-15-17-14(12-8-4-2-5-9-12)16-13-10-6-3-7-11-13/h2-11H,(H,16,17). The van der Waals surface area contributed by atoms with Crippen molar-refractivity contribution in [1.29, 1.82) is 0 Å². The van der Waals surface area contributed by atoms with E-state index in [-0.39, 0.29) is 0 Å². The molecule has 3 heteroatoms. The number of hydrogen-bond acceptors (Lipinski definition) is 1. The van der Waals surface area contributed by atoms with Crippen LogP contribution in [0.2, 0.25) is 0 Å². The summed E-state index contributed by atoms with van der Waals surface area (Å²) in [6.45, 7) is 6.85. The fraction of sp³-hybridized carbons (Fsp3) is 0. The fourth-order valence-corrected chi connectivity index (χ4v) is 1.46. The quantitative estimate of drug-likeness (QED) is 0.358. The number of amidine groups is 1. The molecule has 17 heavy (non-hydrogen) atoms. The van der Waals surface area contributed by atoms with E-state index in [0.29, 0.717) is 5.84 Å². The Kier molecular flexibility index (Phi) is 3.51. The second-order valence-corrected chi connectivity index (χ2v) is 3.41. The molecule has 0 aliphatic heterocycles. The molecular weight excluding hydrogens is 210 g/mol. The van der Waals surface area contributed by atoms with Gasteiger partial charge in [-0.2, -0.15) is 6.57 Å². The van der Waals surface area contributed by atoms with E-state index >= 15 is 0 Å². The normalized spacial score (nSPS) is 10.6. The van der Waals surface area contributed by atoms with Crippen molar-refractivity contribution in [3.8, 4) is 0 Å². The molecule has 2 aromatic rings. The molecule has 3 nitrogen and oxygen atoms in total. The highest BCUT2D eigenvalue weighted by atomic mass is 15.2. The van der Waals surface area contributed by atoms with Crippen LogP contribution in [0.25, 0.3) is 4.95 Å². The van der Waals surface area contributed by atoms with E-state index in [1.807, 2.05) is 60.7 Å². The predicted molar refractivity (Wildman–Crippen MR) is 69.6 cm³/mol. The fourth-order valence-electron chi connectivity index (χ4n) is 1.46. The number of para-hydroxylation sites is 1. The van der Waals surface area contributed by atoms with Crippen LogP contribution >= 0.6 is 0 Å². The number of nitrogens with one attached hydrogen (secondary N) is 1. The van der Waals surface area contributed by atoms with E-state index in [4.69, 9.17) is 6.57 Å². The Morgan fingerprint density at radius 3 is 2.12 bits per heavy atom. The summed E-state index contributed by atoms with van der Waals surface area (Å²) in [7, 11) is 0. The lowest BCUT2D eigenvalue weighted by atomic mass is 10.2. The smallest absolute Gasteiger partial charge is 0.221 e. The van der Waals surface area contributed by atoms with Gasteiger partial charge in [0.2, 0.25) is 5.84 Å². The molecule has 0 radical (unpaired) electrons. The SMILES string of the molecule is [C-]#[N+]/N=C(\Nc1ccccc1)c1ccccc1. The molecule has 0 spiro atoms. The van der Waals surface area contributed by atoms with Crippen LogP contribution in [0.1, 0.15) is 5.56 Å². The summed E-state index contributed by atoms with van der Waals surface area (Å²) >= 11 is 0. The zero-order valence-electron chi connectivity index (χ0n) is 9.17. The minimum Gasteiger partial charge on any atom is -0.334 e.